The van der Waals surface area contributed by atoms with Crippen molar-refractivity contribution in [2.75, 3.05) is 0 Å². The molecule has 0 aliphatic heterocycles. The van der Waals surface area contributed by atoms with Gasteiger partial charge in [-0.3, -0.25) is 0 Å². The molecule has 0 saturated heterocycles. The van der Waals surface area contributed by atoms with E-state index >= 15 is 0 Å². The minimum atomic E-state index is 1.16. The van der Waals surface area contributed by atoms with Gasteiger partial charge in [0.15, 0.2) is 0 Å². The molecule has 21 rings (SSSR count). The summed E-state index contributed by atoms with van der Waals surface area (Å²) in [5.41, 5.74) is 21.4. The van der Waals surface area contributed by atoms with Crippen LogP contribution in [0.1, 0.15) is 16.7 Å². The van der Waals surface area contributed by atoms with Gasteiger partial charge in [0.1, 0.15) is 0 Å². The van der Waals surface area contributed by atoms with Crippen LogP contribution in [0.5, 0.6) is 0 Å². The van der Waals surface area contributed by atoms with Gasteiger partial charge in [0.2, 0.25) is 0 Å². The third kappa shape index (κ3) is 9.05. The molecule has 472 valence electrons. The Labute approximate surface area is 585 Å². The van der Waals surface area contributed by atoms with Gasteiger partial charge in [-0.2, -0.15) is 0 Å². The van der Waals surface area contributed by atoms with Gasteiger partial charge in [-0.05, 0) is 222 Å². The van der Waals surface area contributed by atoms with E-state index in [2.05, 4.69) is 376 Å². The third-order valence-corrected chi connectivity index (χ3v) is 21.8. The van der Waals surface area contributed by atoms with Crippen molar-refractivity contribution in [2.24, 2.45) is 0 Å². The monoisotopic (exact) mass is 1280 g/mol. The molecule has 0 aliphatic carbocycles. The zero-order valence-electron chi connectivity index (χ0n) is 56.3. The molecule has 0 saturated carbocycles. The molecule has 2 heterocycles. The number of aryl methyl sites for hydroxylation is 3. The van der Waals surface area contributed by atoms with Crippen LogP contribution in [-0.4, -0.2) is 9.13 Å². The Morgan fingerprint density at radius 3 is 0.772 bits per heavy atom. The smallest absolute Gasteiger partial charge is 0.0547 e. The van der Waals surface area contributed by atoms with E-state index in [1.807, 2.05) is 0 Å². The van der Waals surface area contributed by atoms with Crippen LogP contribution in [0.2, 0.25) is 0 Å². The minimum Gasteiger partial charge on any atom is -0.309 e. The lowest BCUT2D eigenvalue weighted by molar-refractivity contribution is 1.18. The van der Waals surface area contributed by atoms with Crippen LogP contribution < -0.4 is 0 Å². The number of rotatable bonds is 6. The van der Waals surface area contributed by atoms with Crippen LogP contribution in [0, 0.1) is 20.8 Å². The summed E-state index contributed by atoms with van der Waals surface area (Å²) < 4.78 is 4.91. The SMILES string of the molecule is Cc1cc(C)c(-c2c3ccccc3c(-c3ccc(-n4c5ccc6ccccc6c5c5c6ccccc6ccc54)cc3)c3ccccc23)c(C)c1.c1ccc2c(-c3c4ccccc4c(-c4ccc(-n5c6ccc7ccccc7c6c6c7ccccc7ccc65)cc4)c4ccccc34)cccc2c1. The first-order chi connectivity index (χ1) is 49.9. The van der Waals surface area contributed by atoms with E-state index < -0.39 is 0 Å². The highest BCUT2D eigenvalue weighted by Gasteiger charge is 2.24. The zero-order valence-corrected chi connectivity index (χ0v) is 56.3. The summed E-state index contributed by atoms with van der Waals surface area (Å²) in [7, 11) is 0. The summed E-state index contributed by atoms with van der Waals surface area (Å²) in [6.45, 7) is 6.70. The Morgan fingerprint density at radius 1 is 0.188 bits per heavy atom. The minimum absolute atomic E-state index is 1.16. The molecule has 0 radical (unpaired) electrons. The Kier molecular flexibility index (Phi) is 13.4. The highest BCUT2D eigenvalue weighted by molar-refractivity contribution is 6.31. The molecule has 0 aliphatic rings. The van der Waals surface area contributed by atoms with Crippen LogP contribution in [0.25, 0.3) is 196 Å². The molecule has 0 atom stereocenters. The van der Waals surface area contributed by atoms with Gasteiger partial charge in [0.05, 0.1) is 22.1 Å². The van der Waals surface area contributed by atoms with Crippen LogP contribution in [-0.2, 0) is 0 Å². The van der Waals surface area contributed by atoms with Gasteiger partial charge in [-0.15, -0.1) is 0 Å². The first-order valence-electron chi connectivity index (χ1n) is 35.2. The van der Waals surface area contributed by atoms with Crippen LogP contribution in [0.15, 0.2) is 346 Å². The molecule has 101 heavy (non-hydrogen) atoms. The number of hydrogen-bond donors (Lipinski definition) is 0. The first kappa shape index (κ1) is 58.3. The Balaban J connectivity index is 0.000000136. The van der Waals surface area contributed by atoms with Crippen LogP contribution in [0.3, 0.4) is 0 Å². The lowest BCUT2D eigenvalue weighted by Crippen LogP contribution is -1.96. The van der Waals surface area contributed by atoms with Crippen molar-refractivity contribution in [3.8, 4) is 55.9 Å². The molecule has 2 aromatic heterocycles. The van der Waals surface area contributed by atoms with Crippen LogP contribution >= 0.6 is 0 Å². The van der Waals surface area contributed by atoms with E-state index in [0.29, 0.717) is 0 Å². The molecule has 0 amide bonds. The maximum Gasteiger partial charge on any atom is 0.0547 e. The van der Waals surface area contributed by atoms with Crippen molar-refractivity contribution in [2.45, 2.75) is 20.8 Å². The van der Waals surface area contributed by atoms with Crippen molar-refractivity contribution in [3.63, 3.8) is 0 Å². The molecule has 0 fully saturated rings. The van der Waals surface area contributed by atoms with Crippen molar-refractivity contribution in [3.05, 3.63) is 362 Å². The van der Waals surface area contributed by atoms with Gasteiger partial charge >= 0.3 is 0 Å². The van der Waals surface area contributed by atoms with Crippen molar-refractivity contribution in [1.82, 2.24) is 9.13 Å². The highest BCUT2D eigenvalue weighted by Crippen LogP contribution is 2.50. The summed E-state index contributed by atoms with van der Waals surface area (Å²) in [5, 5.41) is 28.2. The third-order valence-electron chi connectivity index (χ3n) is 21.8. The molecule has 2 heteroatoms. The second-order valence-corrected chi connectivity index (χ2v) is 27.5. The summed E-state index contributed by atoms with van der Waals surface area (Å²) in [6.07, 6.45) is 0. The molecular formula is C99H66N2. The fourth-order valence-electron chi connectivity index (χ4n) is 17.7. The molecule has 0 N–H and O–H groups in total. The molecule has 0 spiro atoms. The van der Waals surface area contributed by atoms with E-state index in [4.69, 9.17) is 0 Å². The summed E-state index contributed by atoms with van der Waals surface area (Å²) in [4.78, 5) is 0. The van der Waals surface area contributed by atoms with Crippen LogP contribution in [0.4, 0.5) is 0 Å². The molecule has 2 nitrogen and oxygen atoms in total. The van der Waals surface area contributed by atoms with E-state index in [1.54, 1.807) is 0 Å². The maximum absolute atomic E-state index is 2.45. The van der Waals surface area contributed by atoms with Crippen molar-refractivity contribution in [1.29, 1.82) is 0 Å². The van der Waals surface area contributed by atoms with E-state index in [9.17, 15) is 0 Å². The average Bonchev–Trinajstić information content (AvgIpc) is 1.51. The van der Waals surface area contributed by atoms with Gasteiger partial charge in [-0.25, -0.2) is 0 Å². The Morgan fingerprint density at radius 2 is 0.446 bits per heavy atom. The number of benzene rings is 19. The molecule has 0 bridgehead atoms. The second kappa shape index (κ2) is 23.1. The summed E-state index contributed by atoms with van der Waals surface area (Å²) in [5.74, 6) is 0. The second-order valence-electron chi connectivity index (χ2n) is 27.5. The Hall–Kier alpha value is -12.9. The summed E-state index contributed by atoms with van der Waals surface area (Å²) in [6, 6.07) is 128. The Bertz CT molecular complexity index is 6690. The lowest BCUT2D eigenvalue weighted by atomic mass is 9.83. The standard InChI is InChI=1S/C50H31N.C49H35N/c1-4-16-37-32(12-1)15-11-23-40(37)48-43-21-9-7-19-41(43)47(42-20-8-10-22-44(42)48)35-24-28-36(29-25-35)51-45-30-26-33-13-2-5-17-38(33)49(45)50-39-18-6-3-14-34(39)27-31-46(50)51;1-30-28-31(2)45(32(3)29-30)47-41-18-10-8-16-39(41)46(40-17-9-11-19-42(40)47)35-20-24-36(25-21-35)50-43-26-22-33-12-4-6-14-37(33)48(43)49-38-15-7-5-13-34(38)23-27-44(49)50/h1-31H;4-29H,1-3H3. The predicted octanol–water partition coefficient (Wildman–Crippen LogP) is 27.5. The van der Waals surface area contributed by atoms with Crippen molar-refractivity contribution < 1.29 is 0 Å². The molecule has 19 aromatic carbocycles. The van der Waals surface area contributed by atoms with Gasteiger partial charge < -0.3 is 9.13 Å². The van der Waals surface area contributed by atoms with Gasteiger partial charge in [-0.1, -0.05) is 303 Å². The number of aromatic nitrogens is 2. The number of fused-ring (bicyclic) bond motifs is 19. The van der Waals surface area contributed by atoms with Gasteiger partial charge in [0.25, 0.3) is 0 Å². The average molecular weight is 1280 g/mol. The normalized spacial score (nSPS) is 11.9. The lowest BCUT2D eigenvalue weighted by Gasteiger charge is -2.20. The van der Waals surface area contributed by atoms with Gasteiger partial charge in [0, 0.05) is 32.9 Å². The fourth-order valence-corrected chi connectivity index (χ4v) is 17.7. The predicted molar refractivity (Wildman–Crippen MR) is 435 cm³/mol. The molecular weight excluding hydrogens is 1220 g/mol. The summed E-state index contributed by atoms with van der Waals surface area (Å²) >= 11 is 0. The fraction of sp³-hybridized carbons (Fsp3) is 0.0303. The van der Waals surface area contributed by atoms with E-state index in [-0.39, 0.29) is 0 Å². The number of hydrogen-bond acceptors (Lipinski definition) is 0. The maximum atomic E-state index is 2.45. The molecule has 0 unspecified atom stereocenters. The largest absolute Gasteiger partial charge is 0.309 e. The highest BCUT2D eigenvalue weighted by atomic mass is 15.0. The zero-order chi connectivity index (χ0) is 67.0. The first-order valence-corrected chi connectivity index (χ1v) is 35.2. The molecule has 21 aromatic rings. The topological polar surface area (TPSA) is 9.86 Å². The van der Waals surface area contributed by atoms with E-state index in [0.717, 1.165) is 11.4 Å². The quantitative estimate of drug-likeness (QED) is 0.147. The van der Waals surface area contributed by atoms with Crippen molar-refractivity contribution >= 4 is 141 Å². The number of nitrogens with zero attached hydrogens (tertiary/aromatic N) is 2. The van der Waals surface area contributed by atoms with E-state index in [1.165, 1.54) is 202 Å².